The third kappa shape index (κ3) is 72.3. The molecule has 584 valence electrons. The van der Waals surface area contributed by atoms with E-state index in [9.17, 15) is 43.2 Å². The van der Waals surface area contributed by atoms with Crippen molar-refractivity contribution < 1.29 is 80.2 Å². The highest BCUT2D eigenvalue weighted by atomic mass is 31.2. The van der Waals surface area contributed by atoms with Crippen LogP contribution in [0.15, 0.2) is 24.3 Å². The van der Waals surface area contributed by atoms with E-state index in [1.807, 2.05) is 0 Å². The van der Waals surface area contributed by atoms with Gasteiger partial charge < -0.3 is 33.8 Å². The maximum atomic E-state index is 13.1. The minimum atomic E-state index is -4.97. The van der Waals surface area contributed by atoms with Crippen LogP contribution in [0, 0.1) is 11.8 Å². The Balaban J connectivity index is 5.27. The van der Waals surface area contributed by atoms with Gasteiger partial charge in [0.05, 0.1) is 26.4 Å². The first-order chi connectivity index (χ1) is 47.9. The van der Waals surface area contributed by atoms with Gasteiger partial charge in [-0.15, -0.1) is 0 Å². The van der Waals surface area contributed by atoms with Crippen LogP contribution in [-0.2, 0) is 65.4 Å². The molecule has 3 unspecified atom stereocenters. The SMILES string of the molecule is CCCCCC/C=C\C=C/CCCCCCCC(=O)OC[C@H](COP(=O)(O)OC[C@@H](O)COP(=O)(O)OC[C@@H](COC(=O)CCCCCCCCCCC(C)CC)OC(=O)CCCCCCCCCCCC(C)C)OC(=O)CCCCCCCCCCCCCCCCCCCCCC. The molecule has 0 aromatic carbocycles. The number of rotatable bonds is 77. The summed E-state index contributed by atoms with van der Waals surface area (Å²) in [5.41, 5.74) is 0. The molecule has 0 aliphatic heterocycles. The van der Waals surface area contributed by atoms with Crippen LogP contribution in [0.1, 0.15) is 395 Å². The van der Waals surface area contributed by atoms with Crippen molar-refractivity contribution in [1.82, 2.24) is 0 Å². The zero-order valence-corrected chi connectivity index (χ0v) is 66.1. The molecule has 0 rings (SSSR count). The quantitative estimate of drug-likeness (QED) is 0.0169. The summed E-state index contributed by atoms with van der Waals surface area (Å²) in [7, 11) is -9.93. The van der Waals surface area contributed by atoms with Gasteiger partial charge in [-0.2, -0.15) is 0 Å². The number of esters is 4. The Morgan fingerprint density at radius 2 is 0.596 bits per heavy atom. The molecule has 19 heteroatoms. The minimum Gasteiger partial charge on any atom is -0.462 e. The highest BCUT2D eigenvalue weighted by molar-refractivity contribution is 7.47. The summed E-state index contributed by atoms with van der Waals surface area (Å²) in [5, 5.41) is 10.6. The standard InChI is InChI=1S/C80H152O17P2/c1-7-10-12-14-16-18-20-22-24-25-26-27-28-30-32-34-38-46-52-58-64-79(84)96-75(68-90-77(82)62-56-50-44-37-33-31-29-23-21-19-17-15-13-11-8-2)70-94-98(86,87)92-66-74(81)67-93-99(88,89)95-71-76(97-80(85)65-59-53-47-39-35-36-42-48-54-60-72(4)5)69-91-78(83)63-57-51-45-41-40-43-49-55-61-73(6)9-3/h19,21,23,29,72-76,81H,7-18,20,22,24-28,30-71H2,1-6H3,(H,86,87)(H,88,89)/b21-19-,29-23-/t73?,74-,75-,76-/m1/s1. The van der Waals surface area contributed by atoms with Crippen molar-refractivity contribution >= 4 is 39.5 Å². The summed E-state index contributed by atoms with van der Waals surface area (Å²) < 4.78 is 68.6. The average Bonchev–Trinajstić information content (AvgIpc) is 1.05. The fourth-order valence-corrected chi connectivity index (χ4v) is 13.4. The highest BCUT2D eigenvalue weighted by Gasteiger charge is 2.30. The van der Waals surface area contributed by atoms with Crippen LogP contribution in [0.3, 0.4) is 0 Å². The Hall–Kier alpha value is -2.46. The largest absolute Gasteiger partial charge is 0.472 e. The van der Waals surface area contributed by atoms with E-state index in [0.717, 1.165) is 121 Å². The summed E-state index contributed by atoms with van der Waals surface area (Å²) in [6.07, 6.45) is 63.3. The minimum absolute atomic E-state index is 0.102. The number of allylic oxidation sites excluding steroid dienone is 4. The van der Waals surface area contributed by atoms with Crippen molar-refractivity contribution in [3.05, 3.63) is 24.3 Å². The van der Waals surface area contributed by atoms with Crippen molar-refractivity contribution in [2.75, 3.05) is 39.6 Å². The number of hydrogen-bond donors (Lipinski definition) is 3. The lowest BCUT2D eigenvalue weighted by Crippen LogP contribution is -2.30. The molecule has 0 fully saturated rings. The number of phosphoric ester groups is 2. The van der Waals surface area contributed by atoms with E-state index in [-0.39, 0.29) is 25.7 Å². The third-order valence-electron chi connectivity index (χ3n) is 18.4. The molecule has 0 amide bonds. The van der Waals surface area contributed by atoms with Gasteiger partial charge in [-0.05, 0) is 63.2 Å². The van der Waals surface area contributed by atoms with Crippen LogP contribution in [-0.4, -0.2) is 96.7 Å². The van der Waals surface area contributed by atoms with Crippen LogP contribution >= 0.6 is 15.6 Å². The van der Waals surface area contributed by atoms with E-state index in [1.54, 1.807) is 0 Å². The van der Waals surface area contributed by atoms with Crippen LogP contribution in [0.5, 0.6) is 0 Å². The molecular formula is C80H152O17P2. The van der Waals surface area contributed by atoms with Gasteiger partial charge in [0.2, 0.25) is 0 Å². The van der Waals surface area contributed by atoms with Crippen molar-refractivity contribution in [3.63, 3.8) is 0 Å². The first-order valence-corrected chi connectivity index (χ1v) is 43.8. The Labute approximate surface area is 605 Å². The van der Waals surface area contributed by atoms with Gasteiger partial charge in [-0.25, -0.2) is 9.13 Å². The van der Waals surface area contributed by atoms with Crippen LogP contribution in [0.4, 0.5) is 0 Å². The predicted molar refractivity (Wildman–Crippen MR) is 404 cm³/mol. The molecule has 0 bridgehead atoms. The fraction of sp³-hybridized carbons (Fsp3) is 0.900. The topological polar surface area (TPSA) is 237 Å². The molecule has 17 nitrogen and oxygen atoms in total. The second-order valence-corrected chi connectivity index (χ2v) is 31.7. The van der Waals surface area contributed by atoms with Crippen molar-refractivity contribution in [2.24, 2.45) is 11.8 Å². The van der Waals surface area contributed by atoms with Crippen molar-refractivity contribution in [1.29, 1.82) is 0 Å². The molecule has 0 saturated carbocycles. The highest BCUT2D eigenvalue weighted by Crippen LogP contribution is 2.45. The lowest BCUT2D eigenvalue weighted by atomic mass is 9.99. The van der Waals surface area contributed by atoms with E-state index >= 15 is 0 Å². The molecule has 0 aliphatic rings. The van der Waals surface area contributed by atoms with Crippen LogP contribution < -0.4 is 0 Å². The zero-order chi connectivity index (χ0) is 72.8. The van der Waals surface area contributed by atoms with Gasteiger partial charge in [-0.1, -0.05) is 342 Å². The Morgan fingerprint density at radius 3 is 0.909 bits per heavy atom. The number of hydrogen-bond acceptors (Lipinski definition) is 15. The predicted octanol–water partition coefficient (Wildman–Crippen LogP) is 23.4. The molecule has 0 aromatic rings. The first kappa shape index (κ1) is 96.5. The number of carbonyl (C=O) groups excluding carboxylic acids is 4. The van der Waals surface area contributed by atoms with E-state index in [4.69, 9.17) is 37.0 Å². The zero-order valence-electron chi connectivity index (χ0n) is 64.3. The molecule has 0 heterocycles. The van der Waals surface area contributed by atoms with Gasteiger partial charge >= 0.3 is 39.5 Å². The van der Waals surface area contributed by atoms with E-state index in [0.29, 0.717) is 25.7 Å². The summed E-state index contributed by atoms with van der Waals surface area (Å²) in [4.78, 5) is 73.0. The molecular weight excluding hydrogens is 1290 g/mol. The summed E-state index contributed by atoms with van der Waals surface area (Å²) >= 11 is 0. The van der Waals surface area contributed by atoms with E-state index in [2.05, 4.69) is 65.8 Å². The average molecular weight is 1450 g/mol. The second-order valence-electron chi connectivity index (χ2n) is 28.8. The van der Waals surface area contributed by atoms with Crippen molar-refractivity contribution in [3.8, 4) is 0 Å². The Morgan fingerprint density at radius 1 is 0.333 bits per heavy atom. The molecule has 3 N–H and O–H groups in total. The Kier molecular flexibility index (Phi) is 69.4. The maximum Gasteiger partial charge on any atom is 0.472 e. The van der Waals surface area contributed by atoms with Gasteiger partial charge in [0.1, 0.15) is 19.3 Å². The van der Waals surface area contributed by atoms with E-state index in [1.165, 1.54) is 193 Å². The number of aliphatic hydroxyl groups excluding tert-OH is 1. The number of aliphatic hydroxyl groups is 1. The molecule has 0 aliphatic carbocycles. The number of ether oxygens (including phenoxy) is 4. The van der Waals surface area contributed by atoms with Gasteiger partial charge in [0, 0.05) is 25.7 Å². The molecule has 0 spiro atoms. The van der Waals surface area contributed by atoms with Gasteiger partial charge in [0.15, 0.2) is 12.2 Å². The summed E-state index contributed by atoms with van der Waals surface area (Å²) in [6.45, 7) is 9.53. The number of phosphoric acid groups is 2. The van der Waals surface area contributed by atoms with Gasteiger partial charge in [0.25, 0.3) is 0 Å². The summed E-state index contributed by atoms with van der Waals surface area (Å²) in [5.74, 6) is -0.632. The molecule has 0 aromatic heterocycles. The molecule has 0 radical (unpaired) electrons. The van der Waals surface area contributed by atoms with Crippen molar-refractivity contribution in [2.45, 2.75) is 413 Å². The monoisotopic (exact) mass is 1450 g/mol. The number of carbonyl (C=O) groups is 4. The third-order valence-corrected chi connectivity index (χ3v) is 20.3. The smallest absolute Gasteiger partial charge is 0.462 e. The molecule has 0 saturated heterocycles. The fourth-order valence-electron chi connectivity index (χ4n) is 11.8. The summed E-state index contributed by atoms with van der Waals surface area (Å²) in [6, 6.07) is 0. The second kappa shape index (κ2) is 71.2. The molecule has 99 heavy (non-hydrogen) atoms. The van der Waals surface area contributed by atoms with Crippen LogP contribution in [0.2, 0.25) is 0 Å². The van der Waals surface area contributed by atoms with Crippen LogP contribution in [0.25, 0.3) is 0 Å². The molecule has 6 atom stereocenters. The number of unbranched alkanes of at least 4 members (excludes halogenated alkanes) is 43. The lowest BCUT2D eigenvalue weighted by molar-refractivity contribution is -0.161. The maximum absolute atomic E-state index is 13.1. The lowest BCUT2D eigenvalue weighted by Gasteiger charge is -2.21. The first-order valence-electron chi connectivity index (χ1n) is 40.8. The normalized spacial score (nSPS) is 14.4. The van der Waals surface area contributed by atoms with Gasteiger partial charge in [-0.3, -0.25) is 37.3 Å². The van der Waals surface area contributed by atoms with E-state index < -0.39 is 97.5 Å². The Bertz CT molecular complexity index is 2000.